The summed E-state index contributed by atoms with van der Waals surface area (Å²) < 4.78 is 5.88. The summed E-state index contributed by atoms with van der Waals surface area (Å²) in [6.45, 7) is 6.35. The molecule has 0 fully saturated rings. The zero-order valence-electron chi connectivity index (χ0n) is 38.9. The van der Waals surface area contributed by atoms with Crippen LogP contribution in [0.1, 0.15) is 239 Å². The van der Waals surface area contributed by atoms with Gasteiger partial charge in [0.2, 0.25) is 5.91 Å². The van der Waals surface area contributed by atoms with Crippen LogP contribution in [0, 0.1) is 0 Å². The molecule has 1 amide bonds. The number of esters is 1. The molecule has 3 unspecified atom stereocenters. The van der Waals surface area contributed by atoms with Gasteiger partial charge >= 0.3 is 5.97 Å². The first-order valence-corrected chi connectivity index (χ1v) is 25.0. The molecule has 0 saturated heterocycles. The van der Waals surface area contributed by atoms with Gasteiger partial charge in [-0.3, -0.25) is 9.59 Å². The molecule has 59 heavy (non-hydrogen) atoms. The first kappa shape index (κ1) is 56.6. The largest absolute Gasteiger partial charge is 0.462 e. The van der Waals surface area contributed by atoms with Gasteiger partial charge in [-0.15, -0.1) is 0 Å². The number of amides is 1. The lowest BCUT2D eigenvalue weighted by molar-refractivity contribution is -0.150. The van der Waals surface area contributed by atoms with Crippen LogP contribution in [0.25, 0.3) is 0 Å². The quantitative estimate of drug-likeness (QED) is 0.0323. The fraction of sp³-hybridized carbons (Fsp3) is 0.774. The minimum absolute atomic E-state index is 0.0489. The highest BCUT2D eigenvalue weighted by atomic mass is 16.5. The molecular weight excluding hydrogens is 731 g/mol. The highest BCUT2D eigenvalue weighted by Gasteiger charge is 2.24. The lowest BCUT2D eigenvalue weighted by atomic mass is 10.0. The number of unbranched alkanes of at least 4 members (excludes halogenated alkanes) is 22. The zero-order chi connectivity index (χ0) is 43.1. The average Bonchev–Trinajstić information content (AvgIpc) is 3.23. The summed E-state index contributed by atoms with van der Waals surface area (Å²) in [7, 11) is 0. The minimum atomic E-state index is -0.798. The van der Waals surface area contributed by atoms with E-state index in [1.165, 1.54) is 116 Å². The molecule has 0 bridgehead atoms. The van der Waals surface area contributed by atoms with E-state index in [2.05, 4.69) is 80.8 Å². The van der Waals surface area contributed by atoms with E-state index in [1.54, 1.807) is 0 Å². The number of hydrogen-bond acceptors (Lipinski definition) is 5. The molecule has 0 heterocycles. The topological polar surface area (TPSA) is 95.9 Å². The van der Waals surface area contributed by atoms with Crippen molar-refractivity contribution in [1.29, 1.82) is 0 Å². The van der Waals surface area contributed by atoms with Gasteiger partial charge in [0.25, 0.3) is 0 Å². The lowest BCUT2D eigenvalue weighted by Crippen LogP contribution is -2.46. The van der Waals surface area contributed by atoms with E-state index < -0.39 is 18.2 Å². The van der Waals surface area contributed by atoms with Gasteiger partial charge in [0, 0.05) is 6.42 Å². The van der Waals surface area contributed by atoms with Crippen LogP contribution in [0.3, 0.4) is 0 Å². The number of aliphatic hydroxyl groups excluding tert-OH is 2. The SMILES string of the molecule is CC/C=C/C/C=C/C/C=C/C/C=C/C/C=C/CCC(=O)OC(CCCCCCCCCCCCCCC)CC(=O)NC(CO)C(O)CCCCCCCCCCCCC. The van der Waals surface area contributed by atoms with E-state index in [-0.39, 0.29) is 31.3 Å². The summed E-state index contributed by atoms with van der Waals surface area (Å²) in [6.07, 6.45) is 57.1. The highest BCUT2D eigenvalue weighted by molar-refractivity contribution is 5.77. The van der Waals surface area contributed by atoms with Gasteiger partial charge in [-0.2, -0.15) is 0 Å². The van der Waals surface area contributed by atoms with Gasteiger partial charge in [-0.25, -0.2) is 0 Å². The number of carbonyl (C=O) groups excluding carboxylic acids is 2. The van der Waals surface area contributed by atoms with Gasteiger partial charge in [-0.1, -0.05) is 229 Å². The van der Waals surface area contributed by atoms with Crippen molar-refractivity contribution in [3.05, 3.63) is 60.8 Å². The number of carbonyl (C=O) groups is 2. The maximum Gasteiger partial charge on any atom is 0.306 e. The maximum absolute atomic E-state index is 13.2. The van der Waals surface area contributed by atoms with Gasteiger partial charge in [-0.05, 0) is 57.8 Å². The normalized spacial score (nSPS) is 13.8. The fourth-order valence-corrected chi connectivity index (χ4v) is 7.36. The molecule has 6 heteroatoms. The van der Waals surface area contributed by atoms with Crippen molar-refractivity contribution in [2.24, 2.45) is 0 Å². The molecule has 342 valence electrons. The molecule has 0 saturated carbocycles. The summed E-state index contributed by atoms with van der Waals surface area (Å²) in [4.78, 5) is 26.1. The van der Waals surface area contributed by atoms with Crippen molar-refractivity contribution in [2.75, 3.05) is 6.61 Å². The van der Waals surface area contributed by atoms with E-state index in [9.17, 15) is 19.8 Å². The summed E-state index contributed by atoms with van der Waals surface area (Å²) in [5.41, 5.74) is 0. The molecule has 0 rings (SSSR count). The van der Waals surface area contributed by atoms with Crippen molar-refractivity contribution in [3.8, 4) is 0 Å². The zero-order valence-corrected chi connectivity index (χ0v) is 38.9. The number of hydrogen-bond donors (Lipinski definition) is 3. The smallest absolute Gasteiger partial charge is 0.306 e. The summed E-state index contributed by atoms with van der Waals surface area (Å²) >= 11 is 0. The van der Waals surface area contributed by atoms with Crippen LogP contribution >= 0.6 is 0 Å². The Kier molecular flexibility index (Phi) is 44.7. The maximum atomic E-state index is 13.2. The molecule has 0 aromatic carbocycles. The van der Waals surface area contributed by atoms with Gasteiger partial charge in [0.15, 0.2) is 0 Å². The van der Waals surface area contributed by atoms with Crippen molar-refractivity contribution >= 4 is 11.9 Å². The van der Waals surface area contributed by atoms with E-state index in [4.69, 9.17) is 4.74 Å². The van der Waals surface area contributed by atoms with Crippen LogP contribution < -0.4 is 5.32 Å². The predicted octanol–water partition coefficient (Wildman–Crippen LogP) is 14.8. The highest BCUT2D eigenvalue weighted by Crippen LogP contribution is 2.17. The predicted molar refractivity (Wildman–Crippen MR) is 255 cm³/mol. The molecule has 6 nitrogen and oxygen atoms in total. The van der Waals surface area contributed by atoms with Gasteiger partial charge in [0.1, 0.15) is 6.10 Å². The van der Waals surface area contributed by atoms with E-state index in [1.807, 2.05) is 6.08 Å². The van der Waals surface area contributed by atoms with Crippen LogP contribution in [0.4, 0.5) is 0 Å². The molecule has 3 atom stereocenters. The average molecular weight is 826 g/mol. The Morgan fingerprint density at radius 2 is 0.881 bits per heavy atom. The minimum Gasteiger partial charge on any atom is -0.462 e. The van der Waals surface area contributed by atoms with Crippen molar-refractivity contribution in [1.82, 2.24) is 5.32 Å². The number of aliphatic hydroxyl groups is 2. The van der Waals surface area contributed by atoms with Crippen molar-refractivity contribution < 1.29 is 24.5 Å². The van der Waals surface area contributed by atoms with Gasteiger partial charge < -0.3 is 20.3 Å². The number of ether oxygens (including phenoxy) is 1. The lowest BCUT2D eigenvalue weighted by Gasteiger charge is -2.24. The van der Waals surface area contributed by atoms with Crippen LogP contribution in [0.5, 0.6) is 0 Å². The molecular formula is C53H95NO5. The molecule has 3 N–H and O–H groups in total. The summed E-state index contributed by atoms with van der Waals surface area (Å²) in [5, 5.41) is 23.7. The summed E-state index contributed by atoms with van der Waals surface area (Å²) in [5.74, 6) is -0.569. The molecule has 0 spiro atoms. The second-order valence-corrected chi connectivity index (χ2v) is 16.8. The first-order chi connectivity index (χ1) is 29.0. The number of allylic oxidation sites excluding steroid dienone is 10. The molecule has 0 aliphatic carbocycles. The third-order valence-corrected chi connectivity index (χ3v) is 11.1. The van der Waals surface area contributed by atoms with Crippen LogP contribution in [-0.4, -0.2) is 46.9 Å². The van der Waals surface area contributed by atoms with E-state index in [0.29, 0.717) is 19.3 Å². The molecule has 0 aliphatic rings. The fourth-order valence-electron chi connectivity index (χ4n) is 7.36. The van der Waals surface area contributed by atoms with Crippen LogP contribution in [0.15, 0.2) is 60.8 Å². The molecule has 0 radical (unpaired) electrons. The second-order valence-electron chi connectivity index (χ2n) is 16.8. The Hall–Kier alpha value is -2.44. The third-order valence-electron chi connectivity index (χ3n) is 11.1. The summed E-state index contributed by atoms with van der Waals surface area (Å²) in [6, 6.07) is -0.714. The van der Waals surface area contributed by atoms with Gasteiger partial charge in [0.05, 0.1) is 25.2 Å². The number of nitrogens with one attached hydrogen (secondary N) is 1. The molecule has 0 aromatic rings. The Morgan fingerprint density at radius 1 is 0.508 bits per heavy atom. The second kappa shape index (κ2) is 46.6. The van der Waals surface area contributed by atoms with Crippen LogP contribution in [0.2, 0.25) is 0 Å². The standard InChI is InChI=1S/C53H95NO5/c1-4-7-10-13-16-19-22-24-25-26-28-31-34-37-40-43-46-53(58)59-49(44-41-38-35-32-30-27-23-20-17-14-11-8-5-2)47-52(57)54-50(48-55)51(56)45-42-39-36-33-29-21-18-15-12-9-6-3/h7,10,16,19,24-25,28,31,37,40,49-51,55-56H,4-6,8-9,11-15,17-18,20-23,26-27,29-30,32-36,38-39,41-48H2,1-3H3,(H,54,57)/b10-7+,19-16+,25-24+,31-28+,40-37+. The Bertz CT molecular complexity index is 1060. The molecule has 0 aliphatic heterocycles. The van der Waals surface area contributed by atoms with E-state index >= 15 is 0 Å². The van der Waals surface area contributed by atoms with Crippen molar-refractivity contribution in [3.63, 3.8) is 0 Å². The Labute approximate surface area is 365 Å². The number of rotatable bonds is 44. The Morgan fingerprint density at radius 3 is 1.29 bits per heavy atom. The third kappa shape index (κ3) is 42.1. The monoisotopic (exact) mass is 826 g/mol. The van der Waals surface area contributed by atoms with Crippen molar-refractivity contribution in [2.45, 2.75) is 257 Å². The Balaban J connectivity index is 4.69. The first-order valence-electron chi connectivity index (χ1n) is 25.0. The van der Waals surface area contributed by atoms with Crippen LogP contribution in [-0.2, 0) is 14.3 Å². The van der Waals surface area contributed by atoms with E-state index in [0.717, 1.165) is 70.6 Å². The molecule has 0 aromatic heterocycles.